The SMILES string of the molecule is CCCCOCCNCc1ccc(C(N)=O)cc1Cl. The number of halogens is 1. The van der Waals surface area contributed by atoms with Gasteiger partial charge in [0.2, 0.25) is 5.91 Å². The third-order valence-corrected chi connectivity index (χ3v) is 3.07. The summed E-state index contributed by atoms with van der Waals surface area (Å²) in [5.41, 5.74) is 6.55. The van der Waals surface area contributed by atoms with Gasteiger partial charge in [-0.25, -0.2) is 0 Å². The number of nitrogens with one attached hydrogen (secondary N) is 1. The zero-order chi connectivity index (χ0) is 14.1. The molecule has 0 bridgehead atoms. The summed E-state index contributed by atoms with van der Waals surface area (Å²) in [5.74, 6) is -0.467. The number of benzene rings is 1. The average molecular weight is 285 g/mol. The molecule has 0 heterocycles. The number of hydrogen-bond acceptors (Lipinski definition) is 3. The Morgan fingerprint density at radius 2 is 2.21 bits per heavy atom. The number of rotatable bonds is 9. The molecule has 5 heteroatoms. The number of unbranched alkanes of at least 4 members (excludes halogenated alkanes) is 1. The van der Waals surface area contributed by atoms with Crippen LogP contribution in [-0.4, -0.2) is 25.7 Å². The fourth-order valence-corrected chi connectivity index (χ4v) is 1.81. The first-order chi connectivity index (χ1) is 9.15. The first-order valence-corrected chi connectivity index (χ1v) is 6.89. The molecule has 0 spiro atoms. The van der Waals surface area contributed by atoms with Gasteiger partial charge in [0.1, 0.15) is 0 Å². The van der Waals surface area contributed by atoms with Gasteiger partial charge in [-0.15, -0.1) is 0 Å². The highest BCUT2D eigenvalue weighted by atomic mass is 35.5. The molecule has 0 aliphatic heterocycles. The number of carbonyl (C=O) groups is 1. The molecule has 19 heavy (non-hydrogen) atoms. The highest BCUT2D eigenvalue weighted by Crippen LogP contribution is 2.17. The Labute approximate surface area is 119 Å². The van der Waals surface area contributed by atoms with E-state index >= 15 is 0 Å². The molecule has 3 N–H and O–H groups in total. The van der Waals surface area contributed by atoms with Gasteiger partial charge in [-0.05, 0) is 24.1 Å². The van der Waals surface area contributed by atoms with Crippen LogP contribution in [0, 0.1) is 0 Å². The Hall–Kier alpha value is -1.10. The van der Waals surface area contributed by atoms with Crippen molar-refractivity contribution in [3.05, 3.63) is 34.3 Å². The quantitative estimate of drug-likeness (QED) is 0.684. The molecule has 0 aliphatic carbocycles. The third-order valence-electron chi connectivity index (χ3n) is 2.72. The Balaban J connectivity index is 2.28. The predicted octanol–water partition coefficient (Wildman–Crippen LogP) is 2.35. The average Bonchev–Trinajstić information content (AvgIpc) is 2.39. The third kappa shape index (κ3) is 6.05. The van der Waals surface area contributed by atoms with E-state index < -0.39 is 5.91 Å². The van der Waals surface area contributed by atoms with E-state index in [4.69, 9.17) is 22.1 Å². The van der Waals surface area contributed by atoms with Crippen molar-refractivity contribution in [2.45, 2.75) is 26.3 Å². The van der Waals surface area contributed by atoms with Crippen molar-refractivity contribution in [2.24, 2.45) is 5.73 Å². The molecule has 1 amide bonds. The molecular weight excluding hydrogens is 264 g/mol. The molecule has 1 aromatic carbocycles. The lowest BCUT2D eigenvalue weighted by Crippen LogP contribution is -2.20. The van der Waals surface area contributed by atoms with Crippen molar-refractivity contribution < 1.29 is 9.53 Å². The van der Waals surface area contributed by atoms with E-state index in [1.807, 2.05) is 6.07 Å². The molecule has 0 aliphatic rings. The summed E-state index contributed by atoms with van der Waals surface area (Å²) < 4.78 is 5.44. The molecule has 0 radical (unpaired) electrons. The maximum Gasteiger partial charge on any atom is 0.248 e. The number of amides is 1. The molecule has 0 fully saturated rings. The summed E-state index contributed by atoms with van der Waals surface area (Å²) in [4.78, 5) is 11.0. The van der Waals surface area contributed by atoms with Crippen LogP contribution in [-0.2, 0) is 11.3 Å². The van der Waals surface area contributed by atoms with Crippen molar-refractivity contribution >= 4 is 17.5 Å². The largest absolute Gasteiger partial charge is 0.380 e. The van der Waals surface area contributed by atoms with E-state index in [1.54, 1.807) is 12.1 Å². The fraction of sp³-hybridized carbons (Fsp3) is 0.500. The molecule has 0 saturated carbocycles. The van der Waals surface area contributed by atoms with Crippen LogP contribution in [0.1, 0.15) is 35.7 Å². The zero-order valence-corrected chi connectivity index (χ0v) is 12.0. The number of primary amides is 1. The summed E-state index contributed by atoms with van der Waals surface area (Å²) in [6.45, 7) is 5.06. The van der Waals surface area contributed by atoms with E-state index in [-0.39, 0.29) is 0 Å². The highest BCUT2D eigenvalue weighted by Gasteiger charge is 2.05. The summed E-state index contributed by atoms with van der Waals surface area (Å²) in [5, 5.41) is 3.79. The van der Waals surface area contributed by atoms with Gasteiger partial charge >= 0.3 is 0 Å². The maximum atomic E-state index is 11.0. The molecule has 0 saturated heterocycles. The molecule has 0 aromatic heterocycles. The van der Waals surface area contributed by atoms with Gasteiger partial charge in [-0.3, -0.25) is 4.79 Å². The zero-order valence-electron chi connectivity index (χ0n) is 11.2. The van der Waals surface area contributed by atoms with Gasteiger partial charge in [0, 0.05) is 30.3 Å². The van der Waals surface area contributed by atoms with E-state index in [0.29, 0.717) is 23.7 Å². The molecule has 1 aromatic rings. The maximum absolute atomic E-state index is 11.0. The van der Waals surface area contributed by atoms with Crippen molar-refractivity contribution in [1.82, 2.24) is 5.32 Å². The van der Waals surface area contributed by atoms with Crippen LogP contribution in [0.15, 0.2) is 18.2 Å². The minimum Gasteiger partial charge on any atom is -0.380 e. The van der Waals surface area contributed by atoms with Gasteiger partial charge in [-0.1, -0.05) is 31.0 Å². The van der Waals surface area contributed by atoms with Crippen LogP contribution in [0.4, 0.5) is 0 Å². The smallest absolute Gasteiger partial charge is 0.248 e. The number of carbonyl (C=O) groups excluding carboxylic acids is 1. The number of ether oxygens (including phenoxy) is 1. The minimum absolute atomic E-state index is 0.427. The summed E-state index contributed by atoms with van der Waals surface area (Å²) in [6, 6.07) is 5.09. The van der Waals surface area contributed by atoms with Crippen LogP contribution in [0.25, 0.3) is 0 Å². The van der Waals surface area contributed by atoms with E-state index in [1.165, 1.54) is 0 Å². The van der Waals surface area contributed by atoms with Crippen LogP contribution in [0.3, 0.4) is 0 Å². The standard InChI is InChI=1S/C14H21ClN2O2/c1-2-3-7-19-8-6-17-10-12-5-4-11(14(16)18)9-13(12)15/h4-5,9,17H,2-3,6-8,10H2,1H3,(H2,16,18). The second kappa shape index (κ2) is 8.91. The Morgan fingerprint density at radius 1 is 1.42 bits per heavy atom. The molecule has 1 rings (SSSR count). The lowest BCUT2D eigenvalue weighted by molar-refractivity contribution is 0.100. The second-order valence-electron chi connectivity index (χ2n) is 4.31. The summed E-state index contributed by atoms with van der Waals surface area (Å²) >= 11 is 6.08. The van der Waals surface area contributed by atoms with Crippen molar-refractivity contribution in [2.75, 3.05) is 19.8 Å². The van der Waals surface area contributed by atoms with Gasteiger partial charge < -0.3 is 15.8 Å². The minimum atomic E-state index is -0.467. The predicted molar refractivity (Wildman–Crippen MR) is 77.4 cm³/mol. The lowest BCUT2D eigenvalue weighted by atomic mass is 10.1. The first-order valence-electron chi connectivity index (χ1n) is 6.51. The molecule has 4 nitrogen and oxygen atoms in total. The summed E-state index contributed by atoms with van der Waals surface area (Å²) in [7, 11) is 0. The van der Waals surface area contributed by atoms with Gasteiger partial charge in [0.15, 0.2) is 0 Å². The monoisotopic (exact) mass is 284 g/mol. The van der Waals surface area contributed by atoms with Gasteiger partial charge in [-0.2, -0.15) is 0 Å². The normalized spacial score (nSPS) is 10.6. The molecule has 0 unspecified atom stereocenters. The van der Waals surface area contributed by atoms with E-state index in [0.717, 1.165) is 31.6 Å². The Kier molecular flexibility index (Phi) is 7.48. The topological polar surface area (TPSA) is 64.3 Å². The highest BCUT2D eigenvalue weighted by molar-refractivity contribution is 6.31. The lowest BCUT2D eigenvalue weighted by Gasteiger charge is -2.08. The van der Waals surface area contributed by atoms with E-state index in [2.05, 4.69) is 12.2 Å². The van der Waals surface area contributed by atoms with Gasteiger partial charge in [0.05, 0.1) is 6.61 Å². The number of hydrogen-bond donors (Lipinski definition) is 2. The van der Waals surface area contributed by atoms with E-state index in [9.17, 15) is 4.79 Å². The fourth-order valence-electron chi connectivity index (χ4n) is 1.56. The van der Waals surface area contributed by atoms with Gasteiger partial charge in [0.25, 0.3) is 0 Å². The van der Waals surface area contributed by atoms with Crippen molar-refractivity contribution in [3.63, 3.8) is 0 Å². The Morgan fingerprint density at radius 3 is 2.84 bits per heavy atom. The molecular formula is C14H21ClN2O2. The van der Waals surface area contributed by atoms with Crippen LogP contribution in [0.5, 0.6) is 0 Å². The van der Waals surface area contributed by atoms with Crippen LogP contribution >= 0.6 is 11.6 Å². The number of nitrogens with two attached hydrogens (primary N) is 1. The first kappa shape index (κ1) is 16.0. The van der Waals surface area contributed by atoms with Crippen molar-refractivity contribution in [1.29, 1.82) is 0 Å². The second-order valence-corrected chi connectivity index (χ2v) is 4.72. The molecule has 106 valence electrons. The Bertz CT molecular complexity index is 410. The summed E-state index contributed by atoms with van der Waals surface area (Å²) in [6.07, 6.45) is 2.25. The van der Waals surface area contributed by atoms with Crippen LogP contribution in [0.2, 0.25) is 5.02 Å². The van der Waals surface area contributed by atoms with Crippen LogP contribution < -0.4 is 11.1 Å². The molecule has 0 atom stereocenters. The van der Waals surface area contributed by atoms with Crippen molar-refractivity contribution in [3.8, 4) is 0 Å².